The van der Waals surface area contributed by atoms with Gasteiger partial charge >= 0.3 is 0 Å². The minimum atomic E-state index is 0.343. The van der Waals surface area contributed by atoms with Gasteiger partial charge in [-0.2, -0.15) is 4.98 Å². The first-order valence-corrected chi connectivity index (χ1v) is 7.15. The van der Waals surface area contributed by atoms with Gasteiger partial charge < -0.3 is 9.84 Å². The Bertz CT molecular complexity index is 539. The van der Waals surface area contributed by atoms with Crippen LogP contribution in [0.25, 0.3) is 11.4 Å². The zero-order valence-electron chi connectivity index (χ0n) is 11.4. The van der Waals surface area contributed by atoms with Gasteiger partial charge in [-0.05, 0) is 25.1 Å². The molecule has 0 bridgehead atoms. The Morgan fingerprint density at radius 1 is 1.37 bits per heavy atom. The van der Waals surface area contributed by atoms with Crippen LogP contribution in [0.4, 0.5) is 0 Å². The summed E-state index contributed by atoms with van der Waals surface area (Å²) in [7, 11) is 1.95. The molecule has 2 rings (SSSR count). The van der Waals surface area contributed by atoms with Gasteiger partial charge in [-0.3, -0.25) is 0 Å². The molecule has 0 fully saturated rings. The lowest BCUT2D eigenvalue weighted by atomic mass is 10.0. The normalized spacial score (nSPS) is 12.9. The van der Waals surface area contributed by atoms with Crippen molar-refractivity contribution < 1.29 is 4.52 Å². The standard InChI is InChI=1S/C14H18BrN3O/c1-9(2)12(16-3)8-13-17-14(18-19-13)10-5-4-6-11(15)7-10/h4-7,9,12,16H,8H2,1-3H3. The molecule has 0 spiro atoms. The van der Waals surface area contributed by atoms with Crippen LogP contribution in [0, 0.1) is 5.92 Å². The summed E-state index contributed by atoms with van der Waals surface area (Å²) in [6.45, 7) is 4.35. The predicted molar refractivity (Wildman–Crippen MR) is 78.8 cm³/mol. The Kier molecular flexibility index (Phi) is 4.71. The Morgan fingerprint density at radius 3 is 2.79 bits per heavy atom. The molecule has 102 valence electrons. The molecule has 4 nitrogen and oxygen atoms in total. The Balaban J connectivity index is 2.15. The van der Waals surface area contributed by atoms with E-state index < -0.39 is 0 Å². The van der Waals surface area contributed by atoms with E-state index in [2.05, 4.69) is 45.2 Å². The summed E-state index contributed by atoms with van der Waals surface area (Å²) >= 11 is 3.44. The lowest BCUT2D eigenvalue weighted by Gasteiger charge is -2.17. The maximum atomic E-state index is 5.32. The van der Waals surface area contributed by atoms with Gasteiger partial charge in [0, 0.05) is 22.5 Å². The van der Waals surface area contributed by atoms with Crippen LogP contribution in [0.5, 0.6) is 0 Å². The smallest absolute Gasteiger partial charge is 0.228 e. The molecule has 2 aromatic rings. The van der Waals surface area contributed by atoms with Crippen LogP contribution in [0.3, 0.4) is 0 Å². The predicted octanol–water partition coefficient (Wildman–Crippen LogP) is 3.29. The third-order valence-electron chi connectivity index (χ3n) is 3.12. The maximum absolute atomic E-state index is 5.32. The maximum Gasteiger partial charge on any atom is 0.228 e. The second kappa shape index (κ2) is 6.30. The highest BCUT2D eigenvalue weighted by Crippen LogP contribution is 2.21. The van der Waals surface area contributed by atoms with Crippen molar-refractivity contribution >= 4 is 15.9 Å². The zero-order chi connectivity index (χ0) is 13.8. The number of hydrogen-bond donors (Lipinski definition) is 1. The second-order valence-corrected chi connectivity index (χ2v) is 5.78. The number of benzene rings is 1. The third-order valence-corrected chi connectivity index (χ3v) is 3.61. The number of nitrogens with one attached hydrogen (secondary N) is 1. The summed E-state index contributed by atoms with van der Waals surface area (Å²) in [5.74, 6) is 1.82. The minimum Gasteiger partial charge on any atom is -0.339 e. The molecule has 0 aliphatic rings. The van der Waals surface area contributed by atoms with E-state index in [0.717, 1.165) is 16.5 Å². The van der Waals surface area contributed by atoms with Gasteiger partial charge in [0.15, 0.2) is 0 Å². The molecule has 19 heavy (non-hydrogen) atoms. The van der Waals surface area contributed by atoms with E-state index in [4.69, 9.17) is 4.52 Å². The van der Waals surface area contributed by atoms with Crippen LogP contribution in [0.1, 0.15) is 19.7 Å². The van der Waals surface area contributed by atoms with Crippen LogP contribution >= 0.6 is 15.9 Å². The first kappa shape index (κ1) is 14.2. The highest BCUT2D eigenvalue weighted by molar-refractivity contribution is 9.10. The molecule has 0 radical (unpaired) electrons. The monoisotopic (exact) mass is 323 g/mol. The average Bonchev–Trinajstić information content (AvgIpc) is 2.84. The van der Waals surface area contributed by atoms with E-state index in [9.17, 15) is 0 Å². The van der Waals surface area contributed by atoms with Gasteiger partial charge in [0.05, 0.1) is 0 Å². The molecule has 1 heterocycles. The summed E-state index contributed by atoms with van der Waals surface area (Å²) in [6.07, 6.45) is 0.745. The molecule has 1 unspecified atom stereocenters. The quantitative estimate of drug-likeness (QED) is 0.917. The molecule has 0 aliphatic carbocycles. The van der Waals surface area contributed by atoms with Gasteiger partial charge in [0.2, 0.25) is 11.7 Å². The molecular formula is C14H18BrN3O. The minimum absolute atomic E-state index is 0.343. The summed E-state index contributed by atoms with van der Waals surface area (Å²) in [4.78, 5) is 4.45. The fourth-order valence-electron chi connectivity index (χ4n) is 1.94. The van der Waals surface area contributed by atoms with Crippen LogP contribution in [0.2, 0.25) is 0 Å². The lowest BCUT2D eigenvalue weighted by Crippen LogP contribution is -2.32. The lowest BCUT2D eigenvalue weighted by molar-refractivity contribution is 0.335. The number of nitrogens with zero attached hydrogens (tertiary/aromatic N) is 2. The van der Waals surface area contributed by atoms with E-state index >= 15 is 0 Å². The second-order valence-electron chi connectivity index (χ2n) is 4.87. The number of halogens is 1. The number of aromatic nitrogens is 2. The van der Waals surface area contributed by atoms with Gasteiger partial charge in [-0.25, -0.2) is 0 Å². The molecule has 1 N–H and O–H groups in total. The summed E-state index contributed by atoms with van der Waals surface area (Å²) in [5, 5.41) is 7.31. The first-order valence-electron chi connectivity index (χ1n) is 6.36. The SMILES string of the molecule is CNC(Cc1nc(-c2cccc(Br)c2)no1)C(C)C. The molecule has 1 aromatic heterocycles. The molecule has 0 amide bonds. The van der Waals surface area contributed by atoms with Crippen molar-refractivity contribution in [2.75, 3.05) is 7.05 Å². The van der Waals surface area contributed by atoms with Crippen molar-refractivity contribution in [2.24, 2.45) is 5.92 Å². The summed E-state index contributed by atoms with van der Waals surface area (Å²) in [6, 6.07) is 8.22. The zero-order valence-corrected chi connectivity index (χ0v) is 12.9. The van der Waals surface area contributed by atoms with Crippen LogP contribution in [-0.2, 0) is 6.42 Å². The molecule has 0 saturated carbocycles. The van der Waals surface area contributed by atoms with E-state index in [0.29, 0.717) is 23.7 Å². The van der Waals surface area contributed by atoms with Crippen molar-refractivity contribution in [3.63, 3.8) is 0 Å². The Labute approximate surface area is 121 Å². The van der Waals surface area contributed by atoms with E-state index in [1.807, 2.05) is 31.3 Å². The van der Waals surface area contributed by atoms with Crippen LogP contribution < -0.4 is 5.32 Å². The van der Waals surface area contributed by atoms with Crippen molar-refractivity contribution in [2.45, 2.75) is 26.3 Å². The molecule has 1 aromatic carbocycles. The number of hydrogen-bond acceptors (Lipinski definition) is 4. The van der Waals surface area contributed by atoms with Gasteiger partial charge in [0.25, 0.3) is 0 Å². The van der Waals surface area contributed by atoms with Crippen molar-refractivity contribution in [1.82, 2.24) is 15.5 Å². The topological polar surface area (TPSA) is 51.0 Å². The van der Waals surface area contributed by atoms with E-state index in [1.165, 1.54) is 0 Å². The molecule has 5 heteroatoms. The van der Waals surface area contributed by atoms with Crippen molar-refractivity contribution in [3.05, 3.63) is 34.6 Å². The Morgan fingerprint density at radius 2 is 2.16 bits per heavy atom. The summed E-state index contributed by atoms with van der Waals surface area (Å²) < 4.78 is 6.33. The fourth-order valence-corrected chi connectivity index (χ4v) is 2.34. The van der Waals surface area contributed by atoms with Gasteiger partial charge in [0.1, 0.15) is 0 Å². The molecule has 0 aliphatic heterocycles. The van der Waals surface area contributed by atoms with E-state index in [1.54, 1.807) is 0 Å². The third kappa shape index (κ3) is 3.64. The Hall–Kier alpha value is -1.20. The molecule has 1 atom stereocenters. The number of rotatable bonds is 5. The van der Waals surface area contributed by atoms with Crippen LogP contribution in [-0.4, -0.2) is 23.2 Å². The highest BCUT2D eigenvalue weighted by Gasteiger charge is 2.16. The van der Waals surface area contributed by atoms with E-state index in [-0.39, 0.29) is 0 Å². The van der Waals surface area contributed by atoms with Gasteiger partial charge in [-0.15, -0.1) is 0 Å². The first-order chi connectivity index (χ1) is 9.10. The molecular weight excluding hydrogens is 306 g/mol. The number of likely N-dealkylation sites (N-methyl/N-ethyl adjacent to an activating group) is 1. The molecule has 0 saturated heterocycles. The van der Waals surface area contributed by atoms with Gasteiger partial charge in [-0.1, -0.05) is 47.1 Å². The highest BCUT2D eigenvalue weighted by atomic mass is 79.9. The summed E-state index contributed by atoms with van der Waals surface area (Å²) in [5.41, 5.74) is 0.954. The fraction of sp³-hybridized carbons (Fsp3) is 0.429. The van der Waals surface area contributed by atoms with Crippen LogP contribution in [0.15, 0.2) is 33.3 Å². The largest absolute Gasteiger partial charge is 0.339 e. The average molecular weight is 324 g/mol. The van der Waals surface area contributed by atoms with Crippen molar-refractivity contribution in [3.8, 4) is 11.4 Å². The van der Waals surface area contributed by atoms with Crippen molar-refractivity contribution in [1.29, 1.82) is 0 Å².